The zero-order valence-corrected chi connectivity index (χ0v) is 9.40. The van der Waals surface area contributed by atoms with Crippen LogP contribution in [0.25, 0.3) is 0 Å². The van der Waals surface area contributed by atoms with Gasteiger partial charge in [0, 0.05) is 31.3 Å². The second kappa shape index (κ2) is 4.63. The van der Waals surface area contributed by atoms with Gasteiger partial charge in [0.05, 0.1) is 5.69 Å². The third-order valence-electron chi connectivity index (χ3n) is 2.58. The summed E-state index contributed by atoms with van der Waals surface area (Å²) in [6.45, 7) is 0. The molecule has 0 saturated carbocycles. The van der Waals surface area contributed by atoms with Crippen LogP contribution in [0, 0.1) is 11.6 Å². The molecule has 90 valence electrons. The molecule has 0 spiro atoms. The average molecular weight is 237 g/mol. The Balaban J connectivity index is 2.20. The van der Waals surface area contributed by atoms with Gasteiger partial charge in [-0.05, 0) is 12.1 Å². The Morgan fingerprint density at radius 3 is 2.76 bits per heavy atom. The lowest BCUT2D eigenvalue weighted by Crippen LogP contribution is -2.16. The maximum Gasteiger partial charge on any atom is 0.163 e. The van der Waals surface area contributed by atoms with E-state index in [4.69, 9.17) is 5.73 Å². The van der Waals surface area contributed by atoms with Crippen molar-refractivity contribution >= 4 is 0 Å². The van der Waals surface area contributed by atoms with E-state index in [2.05, 4.69) is 5.10 Å². The van der Waals surface area contributed by atoms with E-state index in [0.29, 0.717) is 6.42 Å². The number of nitrogens with zero attached hydrogens (tertiary/aromatic N) is 2. The van der Waals surface area contributed by atoms with Crippen molar-refractivity contribution in [3.05, 3.63) is 53.4 Å². The molecule has 5 heteroatoms. The summed E-state index contributed by atoms with van der Waals surface area (Å²) in [4.78, 5) is 0. The molecule has 1 heterocycles. The summed E-state index contributed by atoms with van der Waals surface area (Å²) in [6, 6.07) is 5.22. The highest BCUT2D eigenvalue weighted by molar-refractivity contribution is 5.23. The molecule has 0 amide bonds. The standard InChI is InChI=1S/C12H13F2N3/c1-17-6-5-8(16-17)7-11(15)9-3-2-4-10(13)12(9)14/h2-6,11H,7,15H2,1H3. The predicted octanol–water partition coefficient (Wildman–Crippen LogP) is 1.94. The van der Waals surface area contributed by atoms with Crippen molar-refractivity contribution in [1.82, 2.24) is 9.78 Å². The van der Waals surface area contributed by atoms with Crippen molar-refractivity contribution in [2.24, 2.45) is 12.8 Å². The van der Waals surface area contributed by atoms with Crippen LogP contribution in [-0.4, -0.2) is 9.78 Å². The lowest BCUT2D eigenvalue weighted by molar-refractivity contribution is 0.487. The first-order valence-electron chi connectivity index (χ1n) is 5.26. The van der Waals surface area contributed by atoms with Crippen molar-refractivity contribution < 1.29 is 8.78 Å². The van der Waals surface area contributed by atoms with E-state index in [1.54, 1.807) is 24.0 Å². The number of hydrogen-bond donors (Lipinski definition) is 1. The summed E-state index contributed by atoms with van der Waals surface area (Å²) >= 11 is 0. The third kappa shape index (κ3) is 2.50. The van der Waals surface area contributed by atoms with Gasteiger partial charge in [-0.1, -0.05) is 12.1 Å². The van der Waals surface area contributed by atoms with Crippen LogP contribution in [0.15, 0.2) is 30.5 Å². The Bertz CT molecular complexity index is 522. The van der Waals surface area contributed by atoms with Gasteiger partial charge in [-0.2, -0.15) is 5.10 Å². The molecule has 0 fully saturated rings. The van der Waals surface area contributed by atoms with Crippen LogP contribution in [0.4, 0.5) is 8.78 Å². The first kappa shape index (κ1) is 11.7. The summed E-state index contributed by atoms with van der Waals surface area (Å²) in [5, 5.41) is 4.15. The number of aryl methyl sites for hydroxylation is 1. The van der Waals surface area contributed by atoms with Gasteiger partial charge in [-0.25, -0.2) is 8.78 Å². The van der Waals surface area contributed by atoms with E-state index in [0.717, 1.165) is 11.8 Å². The monoisotopic (exact) mass is 237 g/mol. The van der Waals surface area contributed by atoms with Gasteiger partial charge in [-0.15, -0.1) is 0 Å². The normalized spacial score (nSPS) is 12.7. The van der Waals surface area contributed by atoms with Crippen molar-refractivity contribution in [2.45, 2.75) is 12.5 Å². The van der Waals surface area contributed by atoms with Crippen LogP contribution in [0.2, 0.25) is 0 Å². The van der Waals surface area contributed by atoms with Gasteiger partial charge in [0.2, 0.25) is 0 Å². The predicted molar refractivity (Wildman–Crippen MR) is 60.2 cm³/mol. The highest BCUT2D eigenvalue weighted by Crippen LogP contribution is 2.20. The van der Waals surface area contributed by atoms with Crippen LogP contribution in [0.5, 0.6) is 0 Å². The van der Waals surface area contributed by atoms with Crippen LogP contribution in [0.1, 0.15) is 17.3 Å². The summed E-state index contributed by atoms with van der Waals surface area (Å²) in [7, 11) is 1.79. The number of benzene rings is 1. The molecule has 1 aromatic carbocycles. The third-order valence-corrected chi connectivity index (χ3v) is 2.58. The Morgan fingerprint density at radius 2 is 2.12 bits per heavy atom. The SMILES string of the molecule is Cn1ccc(CC(N)c2cccc(F)c2F)n1. The highest BCUT2D eigenvalue weighted by atomic mass is 19.2. The van der Waals surface area contributed by atoms with Crippen molar-refractivity contribution in [1.29, 1.82) is 0 Å². The number of halogens is 2. The minimum Gasteiger partial charge on any atom is -0.324 e. The minimum atomic E-state index is -0.879. The molecule has 0 radical (unpaired) electrons. The van der Waals surface area contributed by atoms with Gasteiger partial charge in [0.15, 0.2) is 11.6 Å². The van der Waals surface area contributed by atoms with E-state index in [1.165, 1.54) is 12.1 Å². The van der Waals surface area contributed by atoms with E-state index in [9.17, 15) is 8.78 Å². The van der Waals surface area contributed by atoms with Crippen molar-refractivity contribution in [3.63, 3.8) is 0 Å². The molecule has 0 aliphatic heterocycles. The average Bonchev–Trinajstić information content (AvgIpc) is 2.68. The minimum absolute atomic E-state index is 0.177. The smallest absolute Gasteiger partial charge is 0.163 e. The molecule has 0 saturated heterocycles. The highest BCUT2D eigenvalue weighted by Gasteiger charge is 2.15. The fourth-order valence-electron chi connectivity index (χ4n) is 1.71. The fraction of sp³-hybridized carbons (Fsp3) is 0.250. The maximum atomic E-state index is 13.5. The van der Waals surface area contributed by atoms with E-state index in [-0.39, 0.29) is 5.56 Å². The van der Waals surface area contributed by atoms with Gasteiger partial charge in [0.25, 0.3) is 0 Å². The number of rotatable bonds is 3. The second-order valence-corrected chi connectivity index (χ2v) is 3.93. The summed E-state index contributed by atoms with van der Waals surface area (Å²) < 4.78 is 28.2. The Hall–Kier alpha value is -1.75. The fourth-order valence-corrected chi connectivity index (χ4v) is 1.71. The molecule has 1 unspecified atom stereocenters. The zero-order chi connectivity index (χ0) is 12.4. The van der Waals surface area contributed by atoms with Crippen LogP contribution < -0.4 is 5.73 Å². The Morgan fingerprint density at radius 1 is 1.35 bits per heavy atom. The van der Waals surface area contributed by atoms with Crippen LogP contribution in [-0.2, 0) is 13.5 Å². The lowest BCUT2D eigenvalue weighted by atomic mass is 10.0. The number of hydrogen-bond acceptors (Lipinski definition) is 2. The molecular weight excluding hydrogens is 224 g/mol. The quantitative estimate of drug-likeness (QED) is 0.886. The van der Waals surface area contributed by atoms with Crippen molar-refractivity contribution in [3.8, 4) is 0 Å². The largest absolute Gasteiger partial charge is 0.324 e. The van der Waals surface area contributed by atoms with Crippen LogP contribution >= 0.6 is 0 Å². The molecule has 2 rings (SSSR count). The molecular formula is C12H13F2N3. The molecule has 2 aromatic rings. The van der Waals surface area contributed by atoms with Gasteiger partial charge in [0.1, 0.15) is 0 Å². The van der Waals surface area contributed by atoms with Crippen LogP contribution in [0.3, 0.4) is 0 Å². The molecule has 0 aliphatic carbocycles. The summed E-state index contributed by atoms with van der Waals surface area (Å²) in [5.74, 6) is -1.75. The lowest BCUT2D eigenvalue weighted by Gasteiger charge is -2.11. The summed E-state index contributed by atoms with van der Waals surface area (Å²) in [5.41, 5.74) is 6.78. The van der Waals surface area contributed by atoms with Gasteiger partial charge >= 0.3 is 0 Å². The van der Waals surface area contributed by atoms with E-state index in [1.807, 2.05) is 0 Å². The number of aromatic nitrogens is 2. The molecule has 0 aliphatic rings. The maximum absolute atomic E-state index is 13.5. The van der Waals surface area contributed by atoms with E-state index < -0.39 is 17.7 Å². The first-order chi connectivity index (χ1) is 8.08. The zero-order valence-electron chi connectivity index (χ0n) is 9.40. The molecule has 2 N–H and O–H groups in total. The molecule has 0 bridgehead atoms. The Kier molecular flexibility index (Phi) is 3.19. The first-order valence-corrected chi connectivity index (χ1v) is 5.26. The van der Waals surface area contributed by atoms with Gasteiger partial charge < -0.3 is 5.73 Å². The molecule has 3 nitrogen and oxygen atoms in total. The molecule has 1 aromatic heterocycles. The topological polar surface area (TPSA) is 43.8 Å². The van der Waals surface area contributed by atoms with Gasteiger partial charge in [-0.3, -0.25) is 4.68 Å². The number of nitrogens with two attached hydrogens (primary N) is 1. The second-order valence-electron chi connectivity index (χ2n) is 3.93. The van der Waals surface area contributed by atoms with Crippen molar-refractivity contribution in [2.75, 3.05) is 0 Å². The molecule has 1 atom stereocenters. The van der Waals surface area contributed by atoms with E-state index >= 15 is 0 Å². The Labute approximate surface area is 97.9 Å². The molecule has 17 heavy (non-hydrogen) atoms. The summed E-state index contributed by atoms with van der Waals surface area (Å²) in [6.07, 6.45) is 2.16.